The van der Waals surface area contributed by atoms with Crippen molar-refractivity contribution in [3.8, 4) is 0 Å². The molecule has 157 valence electrons. The van der Waals surface area contributed by atoms with Crippen LogP contribution < -0.4 is 21.7 Å². The van der Waals surface area contributed by atoms with Crippen molar-refractivity contribution in [3.63, 3.8) is 0 Å². The molecule has 6 nitrogen and oxygen atoms in total. The second kappa shape index (κ2) is 49.5. The number of nitrogens with two attached hydrogens (primary N) is 2. The van der Waals surface area contributed by atoms with Crippen molar-refractivity contribution in [2.45, 2.75) is 90.9 Å². The molecule has 0 aromatic heterocycles. The summed E-state index contributed by atoms with van der Waals surface area (Å²) in [6.07, 6.45) is 16.1. The van der Waals surface area contributed by atoms with E-state index < -0.39 is 12.9 Å². The smallest absolute Gasteiger partial charge is 0.554 e. The molecule has 0 saturated heterocycles. The Kier molecular flexibility index (Phi) is 70.3. The van der Waals surface area contributed by atoms with E-state index >= 15 is 0 Å². The maximum absolute atomic E-state index is 8.25. The molecular formula is C18H40CuN2O4. The first-order valence-electron chi connectivity index (χ1n) is 9.17. The molecule has 0 aliphatic rings. The van der Waals surface area contributed by atoms with Crippen LogP contribution in [0.1, 0.15) is 90.9 Å². The van der Waals surface area contributed by atoms with Crippen LogP contribution in [0.15, 0.2) is 0 Å². The summed E-state index contributed by atoms with van der Waals surface area (Å²) in [5, 5.41) is 16.5. The van der Waals surface area contributed by atoms with Gasteiger partial charge in [0.1, 0.15) is 0 Å². The number of carbonyl (C=O) groups is 2. The zero-order valence-electron chi connectivity index (χ0n) is 16.1. The summed E-state index contributed by atoms with van der Waals surface area (Å²) in [7, 11) is 0. The van der Waals surface area contributed by atoms with Crippen LogP contribution >= 0.6 is 0 Å². The molecule has 25 heavy (non-hydrogen) atoms. The van der Waals surface area contributed by atoms with Crippen LogP contribution in [0.4, 0.5) is 0 Å². The van der Waals surface area contributed by atoms with E-state index in [9.17, 15) is 0 Å². The van der Waals surface area contributed by atoms with Crippen molar-refractivity contribution in [2.24, 2.45) is 11.5 Å². The monoisotopic (exact) mass is 411 g/mol. The first kappa shape index (κ1) is 35.5. The number of carbonyl (C=O) groups excluding carboxylic acids is 2. The second-order valence-corrected chi connectivity index (χ2v) is 5.31. The van der Waals surface area contributed by atoms with Gasteiger partial charge in [-0.15, -0.1) is 0 Å². The minimum Gasteiger partial charge on any atom is -0.554 e. The predicted octanol–water partition coefficient (Wildman–Crippen LogP) is 1.34. The van der Waals surface area contributed by atoms with Crippen molar-refractivity contribution in [3.05, 3.63) is 0 Å². The van der Waals surface area contributed by atoms with Gasteiger partial charge in [0.2, 0.25) is 0 Å². The molecule has 4 N–H and O–H groups in total. The van der Waals surface area contributed by atoms with E-state index in [0.29, 0.717) is 0 Å². The third-order valence-corrected chi connectivity index (χ3v) is 3.12. The van der Waals surface area contributed by atoms with Gasteiger partial charge in [0.15, 0.2) is 0 Å². The fourth-order valence-corrected chi connectivity index (χ4v) is 1.85. The van der Waals surface area contributed by atoms with Crippen LogP contribution in [-0.2, 0) is 26.7 Å². The summed E-state index contributed by atoms with van der Waals surface area (Å²) in [5.41, 5.74) is 10.7. The van der Waals surface area contributed by atoms with E-state index in [-0.39, 0.29) is 17.1 Å². The number of unbranched alkanes of at least 4 members (excludes halogenated alkanes) is 10. The molecule has 0 fully saturated rings. The predicted molar refractivity (Wildman–Crippen MR) is 97.0 cm³/mol. The summed E-state index contributed by atoms with van der Waals surface area (Å²) in [4.78, 5) is 16.5. The Morgan fingerprint density at radius 1 is 0.600 bits per heavy atom. The molecule has 0 bridgehead atoms. The molecule has 0 unspecified atom stereocenters. The Bertz CT molecular complexity index is 168. The summed E-state index contributed by atoms with van der Waals surface area (Å²) in [5.74, 6) is 0. The zero-order valence-corrected chi connectivity index (χ0v) is 17.1. The van der Waals surface area contributed by atoms with Gasteiger partial charge in [-0.2, -0.15) is 0 Å². The van der Waals surface area contributed by atoms with Gasteiger partial charge in [-0.1, -0.05) is 78.1 Å². The third-order valence-electron chi connectivity index (χ3n) is 3.12. The Morgan fingerprint density at radius 2 is 0.800 bits per heavy atom. The molecular weight excluding hydrogens is 372 g/mol. The van der Waals surface area contributed by atoms with Crippen LogP contribution in [0.25, 0.3) is 0 Å². The Balaban J connectivity index is -0.0000000788. The van der Waals surface area contributed by atoms with Crippen molar-refractivity contribution in [2.75, 3.05) is 13.1 Å². The minimum atomic E-state index is -0.500. The van der Waals surface area contributed by atoms with Crippen LogP contribution in [-0.4, -0.2) is 26.0 Å². The number of hydrogen-bond acceptors (Lipinski definition) is 6. The van der Waals surface area contributed by atoms with Gasteiger partial charge >= 0.3 is 17.1 Å². The second-order valence-electron chi connectivity index (χ2n) is 5.31. The first-order chi connectivity index (χ1) is 11.7. The molecule has 0 heterocycles. The average molecular weight is 412 g/mol. The van der Waals surface area contributed by atoms with Crippen molar-refractivity contribution in [1.82, 2.24) is 0 Å². The Hall–Kier alpha value is -0.621. The van der Waals surface area contributed by atoms with Crippen LogP contribution in [0.3, 0.4) is 0 Å². The van der Waals surface area contributed by atoms with E-state index in [4.69, 9.17) is 31.3 Å². The maximum Gasteiger partial charge on any atom is 2.00 e. The van der Waals surface area contributed by atoms with E-state index in [2.05, 4.69) is 13.8 Å². The van der Waals surface area contributed by atoms with Crippen molar-refractivity contribution < 1.29 is 36.9 Å². The van der Waals surface area contributed by atoms with Crippen molar-refractivity contribution in [1.29, 1.82) is 0 Å². The normalized spacial score (nSPS) is 8.16. The van der Waals surface area contributed by atoms with Gasteiger partial charge in [-0.25, -0.2) is 0 Å². The molecule has 0 atom stereocenters. The summed E-state index contributed by atoms with van der Waals surface area (Å²) >= 11 is 0. The van der Waals surface area contributed by atoms with Crippen LogP contribution in [0, 0.1) is 0 Å². The van der Waals surface area contributed by atoms with Gasteiger partial charge in [0.05, 0.1) is 0 Å². The summed E-state index contributed by atoms with van der Waals surface area (Å²) < 4.78 is 0. The van der Waals surface area contributed by atoms with Crippen LogP contribution in [0.5, 0.6) is 0 Å². The molecule has 0 saturated carbocycles. The summed E-state index contributed by atoms with van der Waals surface area (Å²) in [6.45, 7) is 5.21. The largest absolute Gasteiger partial charge is 2.00 e. The maximum atomic E-state index is 8.25. The zero-order chi connectivity index (χ0) is 19.3. The molecule has 0 rings (SSSR count). The van der Waals surface area contributed by atoms with E-state index in [1.807, 2.05) is 0 Å². The van der Waals surface area contributed by atoms with Gasteiger partial charge < -0.3 is 31.3 Å². The molecule has 1 radical (unpaired) electrons. The molecule has 0 aliphatic heterocycles. The first-order valence-corrected chi connectivity index (χ1v) is 9.17. The molecule has 7 heteroatoms. The topological polar surface area (TPSA) is 132 Å². The van der Waals surface area contributed by atoms with Crippen LogP contribution in [0.2, 0.25) is 0 Å². The number of hydrogen-bond donors (Lipinski definition) is 2. The molecule has 0 aliphatic carbocycles. The fourth-order valence-electron chi connectivity index (χ4n) is 1.85. The third kappa shape index (κ3) is 82.5. The fraction of sp³-hybridized carbons (Fsp3) is 0.889. The van der Waals surface area contributed by atoms with Gasteiger partial charge in [-0.05, 0) is 25.9 Å². The minimum absolute atomic E-state index is 0. The number of rotatable bonds is 12. The average Bonchev–Trinajstić information content (AvgIpc) is 2.57. The Labute approximate surface area is 165 Å². The summed E-state index contributed by atoms with van der Waals surface area (Å²) in [6, 6.07) is 0. The van der Waals surface area contributed by atoms with E-state index in [1.54, 1.807) is 0 Å². The van der Waals surface area contributed by atoms with E-state index in [0.717, 1.165) is 13.1 Å². The molecule has 0 aromatic rings. The van der Waals surface area contributed by atoms with Crippen molar-refractivity contribution >= 4 is 12.9 Å². The molecule has 0 amide bonds. The van der Waals surface area contributed by atoms with Gasteiger partial charge in [0, 0.05) is 12.9 Å². The van der Waals surface area contributed by atoms with E-state index in [1.165, 1.54) is 77.0 Å². The van der Waals surface area contributed by atoms with Gasteiger partial charge in [0.25, 0.3) is 0 Å². The quantitative estimate of drug-likeness (QED) is 0.283. The SMILES string of the molecule is CCCCCCCCN.CCCCCCCCN.O=C[O-].O=C[O-].[Cu+2]. The molecule has 0 spiro atoms. The number of carboxylic acid groups (broad SMARTS) is 2. The Morgan fingerprint density at radius 3 is 1.00 bits per heavy atom. The molecule has 0 aromatic carbocycles. The van der Waals surface area contributed by atoms with Gasteiger partial charge in [-0.3, -0.25) is 0 Å². The standard InChI is InChI=1S/2C8H19N.2CH2O2.Cu/c2*1-2-3-4-5-6-7-8-9;2*2-1-3;/h2*2-9H2,1H3;2*1H,(H,2,3);/q;;;;+2/p-2.